The molecule has 2 aromatic carbocycles. The molecule has 0 saturated heterocycles. The van der Waals surface area contributed by atoms with Crippen molar-refractivity contribution in [1.82, 2.24) is 9.78 Å². The predicted molar refractivity (Wildman–Crippen MR) is 118 cm³/mol. The number of halogens is 1. The van der Waals surface area contributed by atoms with Gasteiger partial charge in [-0.1, -0.05) is 17.7 Å². The molecule has 1 heterocycles. The van der Waals surface area contributed by atoms with E-state index < -0.39 is 28.3 Å². The third-order valence-electron chi connectivity index (χ3n) is 5.06. The zero-order valence-electron chi connectivity index (χ0n) is 18.1. The molecule has 7 nitrogen and oxygen atoms in total. The van der Waals surface area contributed by atoms with Crippen LogP contribution in [0.2, 0.25) is 0 Å². The van der Waals surface area contributed by atoms with Crippen molar-refractivity contribution in [3.63, 3.8) is 0 Å². The lowest BCUT2D eigenvalue weighted by molar-refractivity contribution is -0.114. The van der Waals surface area contributed by atoms with Crippen LogP contribution < -0.4 is 9.62 Å². The summed E-state index contributed by atoms with van der Waals surface area (Å²) in [7, 11) is -2.41. The number of carbonyl (C=O) groups excluding carboxylic acids is 1. The van der Waals surface area contributed by atoms with E-state index in [1.165, 1.54) is 22.9 Å². The molecule has 0 fully saturated rings. The first-order valence-corrected chi connectivity index (χ1v) is 11.1. The number of aromatic nitrogens is 2. The fraction of sp³-hybridized carbons (Fsp3) is 0.273. The van der Waals surface area contributed by atoms with Gasteiger partial charge in [0, 0.05) is 12.7 Å². The van der Waals surface area contributed by atoms with E-state index in [0.717, 1.165) is 9.87 Å². The van der Waals surface area contributed by atoms with E-state index in [4.69, 9.17) is 0 Å². The van der Waals surface area contributed by atoms with Gasteiger partial charge in [-0.2, -0.15) is 5.10 Å². The van der Waals surface area contributed by atoms with E-state index in [-0.39, 0.29) is 4.90 Å². The topological polar surface area (TPSA) is 84.3 Å². The van der Waals surface area contributed by atoms with Gasteiger partial charge in [-0.3, -0.25) is 13.8 Å². The van der Waals surface area contributed by atoms with Crippen molar-refractivity contribution < 1.29 is 17.6 Å². The highest BCUT2D eigenvalue weighted by Gasteiger charge is 2.32. The summed E-state index contributed by atoms with van der Waals surface area (Å²) in [5, 5.41) is 6.88. The Kier molecular flexibility index (Phi) is 6.17. The average Bonchev–Trinajstić information content (AvgIpc) is 2.95. The van der Waals surface area contributed by atoms with Crippen LogP contribution in [0, 0.1) is 33.5 Å². The molecule has 1 amide bonds. The lowest BCUT2D eigenvalue weighted by Gasteiger charge is -2.24. The SMILES string of the molecule is Cc1ccc(N(CC(=O)Nc2ccc(F)cc2C)S(=O)(=O)c2c(C)nn(C)c2C)cc1. The van der Waals surface area contributed by atoms with Gasteiger partial charge in [-0.25, -0.2) is 12.8 Å². The molecule has 0 saturated carbocycles. The van der Waals surface area contributed by atoms with Crippen molar-refractivity contribution in [2.75, 3.05) is 16.2 Å². The summed E-state index contributed by atoms with van der Waals surface area (Å²) in [4.78, 5) is 12.9. The van der Waals surface area contributed by atoms with Crippen molar-refractivity contribution >= 4 is 27.3 Å². The van der Waals surface area contributed by atoms with E-state index in [1.807, 2.05) is 6.92 Å². The smallest absolute Gasteiger partial charge is 0.268 e. The maximum atomic E-state index is 13.6. The minimum atomic E-state index is -4.08. The maximum Gasteiger partial charge on any atom is 0.268 e. The number of hydrogen-bond acceptors (Lipinski definition) is 4. The summed E-state index contributed by atoms with van der Waals surface area (Å²) in [5.74, 6) is -0.958. The Morgan fingerprint density at radius 2 is 1.74 bits per heavy atom. The van der Waals surface area contributed by atoms with Crippen LogP contribution in [-0.2, 0) is 21.9 Å². The first-order chi connectivity index (χ1) is 14.5. The summed E-state index contributed by atoms with van der Waals surface area (Å²) in [6, 6.07) is 10.9. The lowest BCUT2D eigenvalue weighted by atomic mass is 10.2. The summed E-state index contributed by atoms with van der Waals surface area (Å²) in [6.07, 6.45) is 0. The van der Waals surface area contributed by atoms with Crippen molar-refractivity contribution in [3.05, 3.63) is 70.8 Å². The minimum Gasteiger partial charge on any atom is -0.324 e. The van der Waals surface area contributed by atoms with Crippen molar-refractivity contribution in [2.24, 2.45) is 7.05 Å². The first kappa shape index (κ1) is 22.5. The summed E-state index contributed by atoms with van der Waals surface area (Å²) >= 11 is 0. The number of rotatable bonds is 6. The second-order valence-corrected chi connectivity index (χ2v) is 9.28. The summed E-state index contributed by atoms with van der Waals surface area (Å²) in [5.41, 5.74) is 3.11. The van der Waals surface area contributed by atoms with Crippen LogP contribution in [0.15, 0.2) is 47.4 Å². The van der Waals surface area contributed by atoms with Crippen LogP contribution in [0.4, 0.5) is 15.8 Å². The number of amides is 1. The molecule has 0 spiro atoms. The Morgan fingerprint density at radius 1 is 1.10 bits per heavy atom. The first-order valence-electron chi connectivity index (χ1n) is 9.66. The largest absolute Gasteiger partial charge is 0.324 e. The molecule has 0 unspecified atom stereocenters. The number of anilines is 2. The number of nitrogens with zero attached hydrogens (tertiary/aromatic N) is 3. The van der Waals surface area contributed by atoms with Gasteiger partial charge in [0.15, 0.2) is 0 Å². The molecule has 0 aliphatic rings. The van der Waals surface area contributed by atoms with Gasteiger partial charge in [0.2, 0.25) is 5.91 Å². The second kappa shape index (κ2) is 8.50. The van der Waals surface area contributed by atoms with Crippen molar-refractivity contribution in [2.45, 2.75) is 32.6 Å². The number of sulfonamides is 1. The molecule has 3 aromatic rings. The van der Waals surface area contributed by atoms with Gasteiger partial charge in [0.25, 0.3) is 10.0 Å². The molecule has 9 heteroatoms. The quantitative estimate of drug-likeness (QED) is 0.629. The summed E-state index contributed by atoms with van der Waals surface area (Å²) < 4.78 is 43.2. The van der Waals surface area contributed by atoms with Crippen LogP contribution in [-0.4, -0.2) is 30.7 Å². The molecule has 0 aliphatic heterocycles. The third kappa shape index (κ3) is 4.61. The van der Waals surface area contributed by atoms with Crippen LogP contribution in [0.1, 0.15) is 22.5 Å². The van der Waals surface area contributed by atoms with Crippen molar-refractivity contribution in [3.8, 4) is 0 Å². The fourth-order valence-electron chi connectivity index (χ4n) is 3.35. The minimum absolute atomic E-state index is 0.0707. The van der Waals surface area contributed by atoms with Crippen LogP contribution in [0.5, 0.6) is 0 Å². The fourth-order valence-corrected chi connectivity index (χ4v) is 5.18. The molecule has 0 aliphatic carbocycles. The van der Waals surface area contributed by atoms with Gasteiger partial charge >= 0.3 is 0 Å². The molecule has 3 rings (SSSR count). The Hall–Kier alpha value is -3.20. The molecule has 0 bridgehead atoms. The van der Waals surface area contributed by atoms with Gasteiger partial charge in [-0.05, 0) is 63.6 Å². The van der Waals surface area contributed by atoms with Crippen LogP contribution in [0.25, 0.3) is 0 Å². The number of hydrogen-bond donors (Lipinski definition) is 1. The Labute approximate surface area is 181 Å². The number of carbonyl (C=O) groups is 1. The molecular weight excluding hydrogens is 419 g/mol. The monoisotopic (exact) mass is 444 g/mol. The molecular formula is C22H25FN4O3S. The Bertz CT molecular complexity index is 1230. The molecule has 0 atom stereocenters. The van der Waals surface area contributed by atoms with Gasteiger partial charge in [-0.15, -0.1) is 0 Å². The van der Waals surface area contributed by atoms with E-state index in [1.54, 1.807) is 52.1 Å². The van der Waals surface area contributed by atoms with E-state index >= 15 is 0 Å². The average molecular weight is 445 g/mol. The van der Waals surface area contributed by atoms with Gasteiger partial charge < -0.3 is 5.32 Å². The predicted octanol–water partition coefficient (Wildman–Crippen LogP) is 3.63. The molecule has 164 valence electrons. The van der Waals surface area contributed by atoms with Crippen molar-refractivity contribution in [1.29, 1.82) is 0 Å². The second-order valence-electron chi connectivity index (χ2n) is 7.48. The maximum absolute atomic E-state index is 13.6. The zero-order valence-corrected chi connectivity index (χ0v) is 18.9. The number of benzene rings is 2. The molecule has 31 heavy (non-hydrogen) atoms. The van der Waals surface area contributed by atoms with E-state index in [2.05, 4.69) is 10.4 Å². The zero-order chi connectivity index (χ0) is 22.9. The van der Waals surface area contributed by atoms with Crippen LogP contribution in [0.3, 0.4) is 0 Å². The van der Waals surface area contributed by atoms with Crippen LogP contribution >= 0.6 is 0 Å². The summed E-state index contributed by atoms with van der Waals surface area (Å²) in [6.45, 7) is 6.39. The Morgan fingerprint density at radius 3 is 2.29 bits per heavy atom. The lowest BCUT2D eigenvalue weighted by Crippen LogP contribution is -2.38. The van der Waals surface area contributed by atoms with Gasteiger partial charge in [0.1, 0.15) is 17.3 Å². The Balaban J connectivity index is 2.01. The highest BCUT2D eigenvalue weighted by molar-refractivity contribution is 7.93. The molecule has 1 aromatic heterocycles. The van der Waals surface area contributed by atoms with E-state index in [9.17, 15) is 17.6 Å². The number of aryl methyl sites for hydroxylation is 4. The third-order valence-corrected chi connectivity index (χ3v) is 7.09. The normalized spacial score (nSPS) is 11.4. The molecule has 0 radical (unpaired) electrons. The highest BCUT2D eigenvalue weighted by atomic mass is 32.2. The molecule has 1 N–H and O–H groups in total. The number of nitrogens with one attached hydrogen (secondary N) is 1. The standard InChI is InChI=1S/C22H25FN4O3S/c1-14-6-9-19(10-7-14)27(31(29,30)22-16(3)25-26(5)17(22)4)13-21(28)24-20-11-8-18(23)12-15(20)2/h6-12H,13H2,1-5H3,(H,24,28). The van der Waals surface area contributed by atoms with Gasteiger partial charge in [0.05, 0.1) is 17.1 Å². The van der Waals surface area contributed by atoms with E-state index in [0.29, 0.717) is 28.3 Å². The highest BCUT2D eigenvalue weighted by Crippen LogP contribution is 2.28.